The van der Waals surface area contributed by atoms with Crippen molar-refractivity contribution in [2.45, 2.75) is 37.6 Å². The molecule has 2 aromatic heterocycles. The highest BCUT2D eigenvalue weighted by molar-refractivity contribution is 5.91. The van der Waals surface area contributed by atoms with E-state index in [1.807, 2.05) is 60.7 Å². The summed E-state index contributed by atoms with van der Waals surface area (Å²) in [5.41, 5.74) is 16.3. The van der Waals surface area contributed by atoms with Crippen LogP contribution in [0, 0.1) is 0 Å². The van der Waals surface area contributed by atoms with E-state index < -0.39 is 0 Å². The van der Waals surface area contributed by atoms with Crippen LogP contribution in [-0.2, 0) is 23.2 Å². The third kappa shape index (κ3) is 4.93. The van der Waals surface area contributed by atoms with Crippen LogP contribution >= 0.6 is 0 Å². The van der Waals surface area contributed by atoms with Crippen LogP contribution in [0.25, 0.3) is 39.6 Å². The van der Waals surface area contributed by atoms with Gasteiger partial charge in [0.15, 0.2) is 5.82 Å². The molecule has 220 valence electrons. The van der Waals surface area contributed by atoms with E-state index in [0.29, 0.717) is 12.8 Å². The highest BCUT2D eigenvalue weighted by Gasteiger charge is 2.34. The number of hydrogen-bond acceptors (Lipinski definition) is 5. The Morgan fingerprint density at radius 2 is 1.56 bits per heavy atom. The second-order valence-corrected chi connectivity index (χ2v) is 12.2. The van der Waals surface area contributed by atoms with E-state index in [1.54, 1.807) is 6.20 Å². The highest BCUT2D eigenvalue weighted by Crippen LogP contribution is 2.45. The zero-order valence-corrected chi connectivity index (χ0v) is 24.9. The van der Waals surface area contributed by atoms with Crippen molar-refractivity contribution in [3.05, 3.63) is 138 Å². The summed E-state index contributed by atoms with van der Waals surface area (Å²) >= 11 is 0. The largest absolute Gasteiger partial charge is 0.338 e. The molecule has 1 aliphatic carbocycles. The number of hydrogen-bond donors (Lipinski definition) is 2. The van der Waals surface area contributed by atoms with E-state index in [0.717, 1.165) is 75.1 Å². The first-order chi connectivity index (χ1) is 22.1. The number of anilines is 2. The number of pyridine rings is 1. The molecule has 1 fully saturated rings. The van der Waals surface area contributed by atoms with Crippen LogP contribution in [-0.4, -0.2) is 20.3 Å². The number of aromatic nitrogens is 3. The van der Waals surface area contributed by atoms with Crippen molar-refractivity contribution in [1.29, 1.82) is 0 Å². The second-order valence-electron chi connectivity index (χ2n) is 12.2. The molecule has 0 saturated heterocycles. The number of benzene rings is 4. The van der Waals surface area contributed by atoms with Crippen LogP contribution in [0.15, 0.2) is 121 Å². The molecule has 6 heteroatoms. The van der Waals surface area contributed by atoms with E-state index in [1.165, 1.54) is 12.0 Å². The first-order valence-electron chi connectivity index (χ1n) is 15.6. The Morgan fingerprint density at radius 1 is 0.800 bits per heavy atom. The smallest absolute Gasteiger partial charge is 0.154 e. The summed E-state index contributed by atoms with van der Waals surface area (Å²) in [6.07, 6.45) is 5.77. The Labute approximate surface area is 262 Å². The van der Waals surface area contributed by atoms with Crippen LogP contribution in [0.5, 0.6) is 0 Å². The number of fused-ring (bicyclic) bond motifs is 5. The van der Waals surface area contributed by atoms with Gasteiger partial charge in [-0.15, -0.1) is 0 Å². The van der Waals surface area contributed by atoms with Crippen LogP contribution in [0.4, 0.5) is 11.5 Å². The average Bonchev–Trinajstić information content (AvgIpc) is 3.39. The molecule has 0 spiro atoms. The number of nitrogens with one attached hydrogen (secondary N) is 1. The summed E-state index contributed by atoms with van der Waals surface area (Å²) in [5.74, 6) is 1.78. The van der Waals surface area contributed by atoms with E-state index in [2.05, 4.69) is 64.5 Å². The summed E-state index contributed by atoms with van der Waals surface area (Å²) in [6.45, 7) is 0. The van der Waals surface area contributed by atoms with E-state index in [4.69, 9.17) is 15.7 Å². The number of para-hydroxylation sites is 1. The predicted octanol–water partition coefficient (Wildman–Crippen LogP) is 8.02. The standard InChI is InChI=1S/C39H33N5O/c40-39(20-8-21-39)30-18-16-28(17-19-30)36-35(29-12-6-11-27(23-29)25-31(45)24-26-9-2-1-3-10-26)43-38-32-13-4-5-14-33(32)42-37-34(44(36)38)15-7-22-41-37/h1-7,9-19,22-23H,8,20-21,24-25,40H2,(H,41,42). The number of imidazole rings is 1. The molecule has 6 aromatic rings. The summed E-state index contributed by atoms with van der Waals surface area (Å²) < 4.78 is 2.22. The molecule has 0 bridgehead atoms. The lowest BCUT2D eigenvalue weighted by molar-refractivity contribution is -0.117. The molecular formula is C39H33N5O. The molecule has 0 atom stereocenters. The highest BCUT2D eigenvalue weighted by atomic mass is 16.1. The van der Waals surface area contributed by atoms with Crippen molar-refractivity contribution in [2.24, 2.45) is 5.73 Å². The lowest BCUT2D eigenvalue weighted by Gasteiger charge is -2.38. The average molecular weight is 588 g/mol. The maximum atomic E-state index is 13.1. The fourth-order valence-corrected chi connectivity index (χ4v) is 6.64. The van der Waals surface area contributed by atoms with Gasteiger partial charge in [-0.25, -0.2) is 9.97 Å². The molecule has 1 saturated carbocycles. The minimum Gasteiger partial charge on any atom is -0.338 e. The Balaban J connectivity index is 1.28. The molecule has 8 rings (SSSR count). The summed E-state index contributed by atoms with van der Waals surface area (Å²) in [7, 11) is 0. The molecular weight excluding hydrogens is 554 g/mol. The Bertz CT molecular complexity index is 2040. The second kappa shape index (κ2) is 11.0. The van der Waals surface area contributed by atoms with Gasteiger partial charge in [-0.05, 0) is 66.3 Å². The molecule has 0 amide bonds. The monoisotopic (exact) mass is 587 g/mol. The van der Waals surface area contributed by atoms with Crippen LogP contribution in [0.1, 0.15) is 36.0 Å². The molecule has 0 radical (unpaired) electrons. The lowest BCUT2D eigenvalue weighted by atomic mass is 9.72. The summed E-state index contributed by atoms with van der Waals surface area (Å²) in [6, 6.07) is 39.1. The van der Waals surface area contributed by atoms with E-state index >= 15 is 0 Å². The van der Waals surface area contributed by atoms with Gasteiger partial charge in [-0.1, -0.05) is 84.9 Å². The van der Waals surface area contributed by atoms with Gasteiger partial charge in [-0.3, -0.25) is 9.36 Å². The Kier molecular flexibility index (Phi) is 6.65. The topological polar surface area (TPSA) is 85.8 Å². The van der Waals surface area contributed by atoms with Gasteiger partial charge in [0.1, 0.15) is 11.6 Å². The van der Waals surface area contributed by atoms with Crippen molar-refractivity contribution in [3.63, 3.8) is 0 Å². The number of Topliss-reactive ketones (excluding diaryl/α,β-unsaturated/α-hetero) is 1. The summed E-state index contributed by atoms with van der Waals surface area (Å²) in [5, 5.41) is 3.54. The van der Waals surface area contributed by atoms with Crippen LogP contribution in [0.2, 0.25) is 0 Å². The third-order valence-corrected chi connectivity index (χ3v) is 9.15. The number of nitrogens with two attached hydrogens (primary N) is 1. The molecule has 3 N–H and O–H groups in total. The maximum Gasteiger partial charge on any atom is 0.154 e. The number of rotatable bonds is 7. The zero-order chi connectivity index (χ0) is 30.4. The first kappa shape index (κ1) is 27.2. The van der Waals surface area contributed by atoms with Gasteiger partial charge in [0.05, 0.1) is 22.8 Å². The minimum absolute atomic E-state index is 0.182. The molecule has 4 aromatic carbocycles. The molecule has 1 aliphatic heterocycles. The van der Waals surface area contributed by atoms with E-state index in [9.17, 15) is 4.79 Å². The maximum absolute atomic E-state index is 13.1. The van der Waals surface area contributed by atoms with Crippen molar-refractivity contribution < 1.29 is 4.79 Å². The number of carbonyl (C=O) groups excluding carboxylic acids is 1. The van der Waals surface area contributed by atoms with Gasteiger partial charge >= 0.3 is 0 Å². The summed E-state index contributed by atoms with van der Waals surface area (Å²) in [4.78, 5) is 23.2. The fourth-order valence-electron chi connectivity index (χ4n) is 6.64. The lowest BCUT2D eigenvalue weighted by Crippen LogP contribution is -2.43. The van der Waals surface area contributed by atoms with Gasteiger partial charge in [0.2, 0.25) is 0 Å². The Morgan fingerprint density at radius 3 is 2.36 bits per heavy atom. The van der Waals surface area contributed by atoms with Gasteiger partial charge in [-0.2, -0.15) is 0 Å². The van der Waals surface area contributed by atoms with Crippen molar-refractivity contribution in [2.75, 3.05) is 5.32 Å². The van der Waals surface area contributed by atoms with Crippen molar-refractivity contribution >= 4 is 17.3 Å². The van der Waals surface area contributed by atoms with E-state index in [-0.39, 0.29) is 11.3 Å². The molecule has 0 unspecified atom stereocenters. The zero-order valence-electron chi connectivity index (χ0n) is 24.9. The minimum atomic E-state index is -0.240. The number of carbonyl (C=O) groups is 1. The molecule has 45 heavy (non-hydrogen) atoms. The third-order valence-electron chi connectivity index (χ3n) is 9.15. The first-order valence-corrected chi connectivity index (χ1v) is 15.6. The van der Waals surface area contributed by atoms with Crippen molar-refractivity contribution in [3.8, 4) is 39.6 Å². The number of nitrogens with zero attached hydrogens (tertiary/aromatic N) is 3. The fraction of sp³-hybridized carbons (Fsp3) is 0.154. The molecule has 6 nitrogen and oxygen atoms in total. The van der Waals surface area contributed by atoms with Gasteiger partial charge in [0, 0.05) is 41.3 Å². The van der Waals surface area contributed by atoms with Crippen LogP contribution < -0.4 is 11.1 Å². The SMILES string of the molecule is NC1(c2ccc(-c3c(-c4cccc(CC(=O)Cc5ccccc5)c4)nc4n3-c3cccnc3Nc3ccccc3-4)cc2)CCC1. The van der Waals surface area contributed by atoms with Crippen molar-refractivity contribution in [1.82, 2.24) is 14.5 Å². The normalized spacial score (nSPS) is 14.2. The quantitative estimate of drug-likeness (QED) is 0.197. The van der Waals surface area contributed by atoms with Gasteiger partial charge < -0.3 is 11.1 Å². The van der Waals surface area contributed by atoms with Gasteiger partial charge in [0.25, 0.3) is 0 Å². The molecule has 3 heterocycles. The Hall–Kier alpha value is -5.33. The molecule has 2 aliphatic rings. The number of ketones is 1. The predicted molar refractivity (Wildman–Crippen MR) is 180 cm³/mol. The van der Waals surface area contributed by atoms with Crippen LogP contribution in [0.3, 0.4) is 0 Å².